The van der Waals surface area contributed by atoms with Gasteiger partial charge in [0.05, 0.1) is 6.10 Å². The maximum absolute atomic E-state index is 12.2. The lowest BCUT2D eigenvalue weighted by molar-refractivity contribution is -0.133. The maximum atomic E-state index is 12.2. The molecule has 1 aromatic rings. The number of hydrogen-bond donors (Lipinski definition) is 1. The molecule has 4 nitrogen and oxygen atoms in total. The third-order valence-corrected chi connectivity index (χ3v) is 4.48. The molecule has 22 heavy (non-hydrogen) atoms. The van der Waals surface area contributed by atoms with Gasteiger partial charge in [-0.3, -0.25) is 9.59 Å². The van der Waals surface area contributed by atoms with E-state index in [1.165, 1.54) is 0 Å². The first-order valence-electron chi connectivity index (χ1n) is 7.72. The first-order chi connectivity index (χ1) is 10.5. The van der Waals surface area contributed by atoms with Crippen molar-refractivity contribution in [2.75, 3.05) is 13.1 Å². The molecule has 120 valence electrons. The molecule has 0 saturated carbocycles. The molecule has 5 heteroatoms. The van der Waals surface area contributed by atoms with Crippen LogP contribution in [0.2, 0.25) is 5.02 Å². The monoisotopic (exact) mass is 323 g/mol. The van der Waals surface area contributed by atoms with Crippen molar-refractivity contribution < 1.29 is 14.7 Å². The Morgan fingerprint density at radius 2 is 2.00 bits per heavy atom. The minimum Gasteiger partial charge on any atom is -0.393 e. The number of carbonyl (C=O) groups is 2. The van der Waals surface area contributed by atoms with Gasteiger partial charge in [-0.2, -0.15) is 0 Å². The number of aliphatic hydroxyl groups is 1. The summed E-state index contributed by atoms with van der Waals surface area (Å²) in [5, 5.41) is 10.3. The van der Waals surface area contributed by atoms with Crippen LogP contribution in [0.1, 0.15) is 43.0 Å². The zero-order valence-electron chi connectivity index (χ0n) is 12.8. The van der Waals surface area contributed by atoms with Crippen LogP contribution in [0, 0.1) is 5.92 Å². The second-order valence-corrected chi connectivity index (χ2v) is 6.35. The topological polar surface area (TPSA) is 57.6 Å². The largest absolute Gasteiger partial charge is 0.393 e. The van der Waals surface area contributed by atoms with Crippen LogP contribution in [0.25, 0.3) is 0 Å². The fourth-order valence-corrected chi connectivity index (χ4v) is 2.91. The average Bonchev–Trinajstić information content (AvgIpc) is 2.53. The van der Waals surface area contributed by atoms with Crippen LogP contribution in [0.5, 0.6) is 0 Å². The van der Waals surface area contributed by atoms with E-state index in [1.807, 2.05) is 0 Å². The first-order valence-corrected chi connectivity index (χ1v) is 8.10. The van der Waals surface area contributed by atoms with Crippen molar-refractivity contribution in [3.8, 4) is 0 Å². The van der Waals surface area contributed by atoms with Gasteiger partial charge in [0.1, 0.15) is 0 Å². The average molecular weight is 324 g/mol. The molecule has 0 spiro atoms. The Morgan fingerprint density at radius 1 is 1.32 bits per heavy atom. The molecule has 2 atom stereocenters. The van der Waals surface area contributed by atoms with Gasteiger partial charge in [-0.25, -0.2) is 0 Å². The molecule has 0 aromatic heterocycles. The summed E-state index contributed by atoms with van der Waals surface area (Å²) in [6.07, 6.45) is 1.88. The number of rotatable bonds is 5. The van der Waals surface area contributed by atoms with E-state index < -0.39 is 6.10 Å². The van der Waals surface area contributed by atoms with E-state index in [0.717, 1.165) is 19.4 Å². The van der Waals surface area contributed by atoms with Crippen molar-refractivity contribution in [2.24, 2.45) is 5.92 Å². The molecule has 1 N–H and O–H groups in total. The summed E-state index contributed by atoms with van der Waals surface area (Å²) >= 11 is 5.79. The standard InChI is InChI=1S/C17H22ClNO3/c1-12(20)14-3-2-10-19(11-14)17(22)9-8-16(21)13-4-6-15(18)7-5-13/h4-7,12,14,20H,2-3,8-11H2,1H3. The number of amides is 1. The summed E-state index contributed by atoms with van der Waals surface area (Å²) in [4.78, 5) is 26.1. The van der Waals surface area contributed by atoms with Gasteiger partial charge in [0.2, 0.25) is 5.91 Å². The number of halogens is 1. The third-order valence-electron chi connectivity index (χ3n) is 4.22. The smallest absolute Gasteiger partial charge is 0.223 e. The summed E-state index contributed by atoms with van der Waals surface area (Å²) in [5.74, 6) is 0.0893. The van der Waals surface area contributed by atoms with E-state index in [4.69, 9.17) is 11.6 Å². The van der Waals surface area contributed by atoms with E-state index in [1.54, 1.807) is 36.1 Å². The molecule has 1 aliphatic heterocycles. The number of benzene rings is 1. The van der Waals surface area contributed by atoms with Gasteiger partial charge in [0.25, 0.3) is 0 Å². The molecular formula is C17H22ClNO3. The quantitative estimate of drug-likeness (QED) is 0.848. The SMILES string of the molecule is CC(O)C1CCCN(C(=O)CCC(=O)c2ccc(Cl)cc2)C1. The van der Waals surface area contributed by atoms with Crippen molar-refractivity contribution in [1.29, 1.82) is 0 Å². The fourth-order valence-electron chi connectivity index (χ4n) is 2.79. The predicted molar refractivity (Wildman–Crippen MR) is 86.0 cm³/mol. The lowest BCUT2D eigenvalue weighted by Crippen LogP contribution is -2.43. The van der Waals surface area contributed by atoms with Crippen LogP contribution in [0.4, 0.5) is 0 Å². The van der Waals surface area contributed by atoms with Crippen LogP contribution in [0.3, 0.4) is 0 Å². The van der Waals surface area contributed by atoms with Crippen LogP contribution in [-0.2, 0) is 4.79 Å². The normalized spacial score (nSPS) is 19.8. The van der Waals surface area contributed by atoms with Gasteiger partial charge in [-0.15, -0.1) is 0 Å². The molecule has 2 rings (SSSR count). The molecular weight excluding hydrogens is 302 g/mol. The highest BCUT2D eigenvalue weighted by molar-refractivity contribution is 6.30. The van der Waals surface area contributed by atoms with Gasteiger partial charge in [0, 0.05) is 42.4 Å². The number of carbonyl (C=O) groups excluding carboxylic acids is 2. The molecule has 1 saturated heterocycles. The molecule has 1 aromatic carbocycles. The Labute approximate surface area is 136 Å². The Morgan fingerprint density at radius 3 is 2.64 bits per heavy atom. The van der Waals surface area contributed by atoms with E-state index in [-0.39, 0.29) is 30.4 Å². The summed E-state index contributed by atoms with van der Waals surface area (Å²) in [5.41, 5.74) is 0.581. The van der Waals surface area contributed by atoms with Gasteiger partial charge in [-0.1, -0.05) is 11.6 Å². The Hall–Kier alpha value is -1.39. The second kappa shape index (κ2) is 7.75. The van der Waals surface area contributed by atoms with Crippen LogP contribution in [0.15, 0.2) is 24.3 Å². The number of ketones is 1. The molecule has 1 aliphatic rings. The summed E-state index contributed by atoms with van der Waals surface area (Å²) in [6.45, 7) is 3.07. The number of piperidine rings is 1. The number of hydrogen-bond acceptors (Lipinski definition) is 3. The van der Waals surface area contributed by atoms with Gasteiger partial charge in [0.15, 0.2) is 5.78 Å². The first kappa shape index (κ1) is 17.0. The van der Waals surface area contributed by atoms with Gasteiger partial charge >= 0.3 is 0 Å². The second-order valence-electron chi connectivity index (χ2n) is 5.91. The highest BCUT2D eigenvalue weighted by Gasteiger charge is 2.26. The Balaban J connectivity index is 1.84. The van der Waals surface area contributed by atoms with Gasteiger partial charge < -0.3 is 10.0 Å². The number of likely N-dealkylation sites (tertiary alicyclic amines) is 1. The summed E-state index contributed by atoms with van der Waals surface area (Å²) in [7, 11) is 0. The number of nitrogens with zero attached hydrogens (tertiary/aromatic N) is 1. The molecule has 1 fully saturated rings. The predicted octanol–water partition coefficient (Wildman–Crippen LogP) is 2.92. The third kappa shape index (κ3) is 4.55. The van der Waals surface area contributed by atoms with Gasteiger partial charge in [-0.05, 0) is 44.0 Å². The van der Waals surface area contributed by atoms with E-state index in [0.29, 0.717) is 17.1 Å². The summed E-state index contributed by atoms with van der Waals surface area (Å²) < 4.78 is 0. The van der Waals surface area contributed by atoms with Crippen LogP contribution < -0.4 is 0 Å². The van der Waals surface area contributed by atoms with Crippen molar-refractivity contribution >= 4 is 23.3 Å². The fraction of sp³-hybridized carbons (Fsp3) is 0.529. The molecule has 0 aliphatic carbocycles. The highest BCUT2D eigenvalue weighted by Crippen LogP contribution is 2.21. The van der Waals surface area contributed by atoms with Crippen molar-refractivity contribution in [1.82, 2.24) is 4.90 Å². The molecule has 0 radical (unpaired) electrons. The highest BCUT2D eigenvalue weighted by atomic mass is 35.5. The lowest BCUT2D eigenvalue weighted by Gasteiger charge is -2.34. The Bertz CT molecular complexity index is 527. The van der Waals surface area contributed by atoms with Crippen molar-refractivity contribution in [3.05, 3.63) is 34.9 Å². The Kier molecular flexibility index (Phi) is 5.98. The maximum Gasteiger partial charge on any atom is 0.223 e. The molecule has 1 heterocycles. The molecule has 1 amide bonds. The van der Waals surface area contributed by atoms with Crippen molar-refractivity contribution in [3.63, 3.8) is 0 Å². The van der Waals surface area contributed by atoms with Crippen LogP contribution >= 0.6 is 11.6 Å². The lowest BCUT2D eigenvalue weighted by atomic mass is 9.93. The minimum atomic E-state index is -0.397. The number of Topliss-reactive ketones (excluding diaryl/α,β-unsaturated/α-hetero) is 1. The summed E-state index contributed by atoms with van der Waals surface area (Å²) in [6, 6.07) is 6.71. The minimum absolute atomic E-state index is 0.00679. The zero-order chi connectivity index (χ0) is 16.1. The van der Waals surface area contributed by atoms with E-state index in [2.05, 4.69) is 0 Å². The van der Waals surface area contributed by atoms with Crippen LogP contribution in [-0.4, -0.2) is 40.9 Å². The molecule has 0 bridgehead atoms. The number of aliphatic hydroxyl groups excluding tert-OH is 1. The zero-order valence-corrected chi connectivity index (χ0v) is 13.6. The van der Waals surface area contributed by atoms with Crippen molar-refractivity contribution in [2.45, 2.75) is 38.7 Å². The molecule has 2 unspecified atom stereocenters. The van der Waals surface area contributed by atoms with E-state index in [9.17, 15) is 14.7 Å². The van der Waals surface area contributed by atoms with E-state index >= 15 is 0 Å².